The highest BCUT2D eigenvalue weighted by Gasteiger charge is 2.31. The summed E-state index contributed by atoms with van der Waals surface area (Å²) in [5.41, 5.74) is 3.57. The van der Waals surface area contributed by atoms with Crippen molar-refractivity contribution >= 4 is 21.5 Å². The highest BCUT2D eigenvalue weighted by atomic mass is 32.2. The Bertz CT molecular complexity index is 937. The summed E-state index contributed by atoms with van der Waals surface area (Å²) >= 11 is 0. The summed E-state index contributed by atoms with van der Waals surface area (Å²) in [6.45, 7) is 3.77. The lowest BCUT2D eigenvalue weighted by atomic mass is 10.1. The number of rotatable bonds is 3. The first-order valence-corrected chi connectivity index (χ1v) is 9.53. The van der Waals surface area contributed by atoms with Crippen LogP contribution < -0.4 is 0 Å². The van der Waals surface area contributed by atoms with Gasteiger partial charge in [0, 0.05) is 17.5 Å². The third kappa shape index (κ3) is 3.10. The summed E-state index contributed by atoms with van der Waals surface area (Å²) in [5.74, 6) is 0.335. The third-order valence-corrected chi connectivity index (χ3v) is 6.04. The fraction of sp³-hybridized carbons (Fsp3) is 0.353. The Hall–Kier alpha value is -2.46. The number of sulfone groups is 1. The first kappa shape index (κ1) is 16.4. The van der Waals surface area contributed by atoms with E-state index in [0.29, 0.717) is 17.7 Å². The number of nitriles is 1. The van der Waals surface area contributed by atoms with E-state index in [4.69, 9.17) is 0 Å². The molecule has 0 N–H and O–H groups in total. The average Bonchev–Trinajstić information content (AvgIpc) is 3.06. The van der Waals surface area contributed by atoms with E-state index in [0.717, 1.165) is 17.0 Å². The van der Waals surface area contributed by atoms with E-state index in [2.05, 4.69) is 16.2 Å². The Kier molecular flexibility index (Phi) is 4.24. The molecule has 2 aromatic heterocycles. The Morgan fingerprint density at radius 1 is 1.42 bits per heavy atom. The van der Waals surface area contributed by atoms with Crippen LogP contribution >= 0.6 is 0 Å². The minimum atomic E-state index is -2.97. The van der Waals surface area contributed by atoms with E-state index in [-0.39, 0.29) is 17.5 Å². The predicted octanol–water partition coefficient (Wildman–Crippen LogP) is 2.32. The van der Waals surface area contributed by atoms with Gasteiger partial charge in [-0.2, -0.15) is 10.4 Å². The van der Waals surface area contributed by atoms with E-state index >= 15 is 0 Å². The Morgan fingerprint density at radius 3 is 2.79 bits per heavy atom. The normalized spacial score (nSPS) is 20.0. The van der Waals surface area contributed by atoms with Crippen molar-refractivity contribution in [2.75, 3.05) is 11.5 Å². The molecule has 124 valence electrons. The fourth-order valence-electron chi connectivity index (χ4n) is 3.04. The first-order valence-electron chi connectivity index (χ1n) is 7.70. The van der Waals surface area contributed by atoms with Crippen molar-refractivity contribution in [1.82, 2.24) is 14.8 Å². The highest BCUT2D eigenvalue weighted by Crippen LogP contribution is 2.28. The second kappa shape index (κ2) is 6.21. The number of aryl methyl sites for hydroxylation is 1. The Morgan fingerprint density at radius 2 is 2.21 bits per heavy atom. The van der Waals surface area contributed by atoms with Crippen molar-refractivity contribution in [2.24, 2.45) is 0 Å². The molecule has 1 aliphatic rings. The molecule has 0 bridgehead atoms. The van der Waals surface area contributed by atoms with Gasteiger partial charge in [0.1, 0.15) is 6.07 Å². The van der Waals surface area contributed by atoms with Crippen LogP contribution in [-0.2, 0) is 9.84 Å². The molecule has 0 radical (unpaired) electrons. The zero-order chi connectivity index (χ0) is 17.3. The van der Waals surface area contributed by atoms with E-state index < -0.39 is 9.84 Å². The maximum Gasteiger partial charge on any atom is 0.152 e. The van der Waals surface area contributed by atoms with Crippen molar-refractivity contribution in [3.8, 4) is 6.07 Å². The van der Waals surface area contributed by atoms with E-state index in [1.54, 1.807) is 29.1 Å². The molecule has 7 heteroatoms. The molecule has 3 rings (SSSR count). The van der Waals surface area contributed by atoms with Crippen LogP contribution in [0.3, 0.4) is 0 Å². The lowest BCUT2D eigenvalue weighted by Crippen LogP contribution is -2.13. The number of aromatic nitrogens is 3. The standard InChI is InChI=1S/C17H18N4O2S/c1-12-16(9-14(10-18)17-5-3-4-7-19-17)13(2)21(20-12)15-6-8-24(22,23)11-15/h3-5,7,9,15H,6,8,11H2,1-2H3/b14-9-/t15-/m0/s1. The zero-order valence-corrected chi connectivity index (χ0v) is 14.4. The molecule has 1 aliphatic heterocycles. The smallest absolute Gasteiger partial charge is 0.152 e. The van der Waals surface area contributed by atoms with Crippen LogP contribution in [0.15, 0.2) is 24.4 Å². The van der Waals surface area contributed by atoms with Crippen molar-refractivity contribution in [2.45, 2.75) is 26.3 Å². The number of nitrogens with zero attached hydrogens (tertiary/aromatic N) is 4. The molecule has 1 saturated heterocycles. The molecule has 0 aliphatic carbocycles. The molecule has 1 fully saturated rings. The maximum absolute atomic E-state index is 11.7. The van der Waals surface area contributed by atoms with Crippen LogP contribution in [-0.4, -0.2) is 34.7 Å². The summed E-state index contributed by atoms with van der Waals surface area (Å²) in [6.07, 6.45) is 4.01. The highest BCUT2D eigenvalue weighted by molar-refractivity contribution is 7.91. The largest absolute Gasteiger partial charge is 0.265 e. The second-order valence-corrected chi connectivity index (χ2v) is 8.20. The quantitative estimate of drug-likeness (QED) is 0.799. The van der Waals surface area contributed by atoms with Crippen LogP contribution in [0, 0.1) is 25.2 Å². The summed E-state index contributed by atoms with van der Waals surface area (Å²) in [6, 6.07) is 7.47. The van der Waals surface area contributed by atoms with Gasteiger partial charge < -0.3 is 0 Å². The topological polar surface area (TPSA) is 88.6 Å². The fourth-order valence-corrected chi connectivity index (χ4v) is 4.73. The third-order valence-electron chi connectivity index (χ3n) is 4.29. The summed E-state index contributed by atoms with van der Waals surface area (Å²) < 4.78 is 25.2. The minimum absolute atomic E-state index is 0.128. The Labute approximate surface area is 141 Å². The minimum Gasteiger partial charge on any atom is -0.265 e. The van der Waals surface area contributed by atoms with Crippen LogP contribution in [0.25, 0.3) is 11.6 Å². The second-order valence-electron chi connectivity index (χ2n) is 5.97. The monoisotopic (exact) mass is 342 g/mol. The maximum atomic E-state index is 11.7. The lowest BCUT2D eigenvalue weighted by molar-refractivity contribution is 0.486. The summed E-state index contributed by atoms with van der Waals surface area (Å²) in [5, 5.41) is 14.0. The number of pyridine rings is 1. The van der Waals surface area contributed by atoms with Gasteiger partial charge in [-0.05, 0) is 38.5 Å². The number of hydrogen-bond acceptors (Lipinski definition) is 5. The van der Waals surface area contributed by atoms with Crippen molar-refractivity contribution in [3.05, 3.63) is 47.0 Å². The van der Waals surface area contributed by atoms with Crippen molar-refractivity contribution in [1.29, 1.82) is 5.26 Å². The zero-order valence-electron chi connectivity index (χ0n) is 13.6. The van der Waals surface area contributed by atoms with Gasteiger partial charge in [-0.25, -0.2) is 8.42 Å². The molecule has 2 aromatic rings. The molecular formula is C17H18N4O2S. The van der Waals surface area contributed by atoms with Crippen molar-refractivity contribution < 1.29 is 8.42 Å². The molecule has 0 amide bonds. The van der Waals surface area contributed by atoms with E-state index in [1.165, 1.54) is 0 Å². The number of hydrogen-bond donors (Lipinski definition) is 0. The van der Waals surface area contributed by atoms with Crippen LogP contribution in [0.2, 0.25) is 0 Å². The van der Waals surface area contributed by atoms with Gasteiger partial charge >= 0.3 is 0 Å². The van der Waals surface area contributed by atoms with E-state index in [9.17, 15) is 13.7 Å². The molecule has 6 nitrogen and oxygen atoms in total. The molecule has 0 spiro atoms. The molecule has 24 heavy (non-hydrogen) atoms. The van der Waals surface area contributed by atoms with Gasteiger partial charge in [0.05, 0.1) is 34.5 Å². The van der Waals surface area contributed by atoms with E-state index in [1.807, 2.05) is 19.9 Å². The Balaban J connectivity index is 2.01. The van der Waals surface area contributed by atoms with Gasteiger partial charge in [0.25, 0.3) is 0 Å². The molecule has 0 saturated carbocycles. The van der Waals surface area contributed by atoms with Gasteiger partial charge in [-0.3, -0.25) is 9.67 Å². The predicted molar refractivity (Wildman–Crippen MR) is 91.7 cm³/mol. The van der Waals surface area contributed by atoms with Gasteiger partial charge in [0.2, 0.25) is 0 Å². The molecule has 0 unspecified atom stereocenters. The van der Waals surface area contributed by atoms with Crippen molar-refractivity contribution in [3.63, 3.8) is 0 Å². The summed E-state index contributed by atoms with van der Waals surface area (Å²) in [4.78, 5) is 4.21. The molecular weight excluding hydrogens is 324 g/mol. The average molecular weight is 342 g/mol. The molecule has 0 aromatic carbocycles. The van der Waals surface area contributed by atoms with Gasteiger partial charge in [0.15, 0.2) is 9.84 Å². The molecule has 1 atom stereocenters. The lowest BCUT2D eigenvalue weighted by Gasteiger charge is -2.11. The van der Waals surface area contributed by atoms with Crippen LogP contribution in [0.4, 0.5) is 0 Å². The van der Waals surface area contributed by atoms with Gasteiger partial charge in [-0.1, -0.05) is 6.07 Å². The van der Waals surface area contributed by atoms with Gasteiger partial charge in [-0.15, -0.1) is 0 Å². The van der Waals surface area contributed by atoms with Crippen LogP contribution in [0.5, 0.6) is 0 Å². The molecule has 3 heterocycles. The number of allylic oxidation sites excluding steroid dienone is 1. The summed E-state index contributed by atoms with van der Waals surface area (Å²) in [7, 11) is -2.97. The first-order chi connectivity index (χ1) is 11.4. The van der Waals surface area contributed by atoms with Crippen LogP contribution in [0.1, 0.15) is 35.1 Å². The SMILES string of the molecule is Cc1nn([C@H]2CCS(=O)(=O)C2)c(C)c1/C=C(/C#N)c1ccccn1.